The van der Waals surface area contributed by atoms with Crippen molar-refractivity contribution >= 4 is 32.6 Å². The first-order chi connectivity index (χ1) is 8.86. The van der Waals surface area contributed by atoms with Crippen LogP contribution in [-0.2, 0) is 0 Å². The van der Waals surface area contributed by atoms with Gasteiger partial charge in [-0.05, 0) is 11.5 Å². The molecule has 1 heteroatoms. The molecule has 1 heterocycles. The van der Waals surface area contributed by atoms with Crippen molar-refractivity contribution in [3.05, 3.63) is 67.7 Å². The Morgan fingerprint density at radius 1 is 0.667 bits per heavy atom. The zero-order chi connectivity index (χ0) is 12.1. The average Bonchev–Trinajstić information content (AvgIpc) is 2.73. The van der Waals surface area contributed by atoms with Crippen molar-refractivity contribution < 1.29 is 0 Å². The molecule has 18 heavy (non-hydrogen) atoms. The summed E-state index contributed by atoms with van der Waals surface area (Å²) in [6, 6.07) is 20.9. The topological polar surface area (TPSA) is 4.93 Å². The minimum atomic E-state index is 1.07. The van der Waals surface area contributed by atoms with Gasteiger partial charge in [0.05, 0.1) is 12.6 Å². The number of benzene rings is 3. The highest BCUT2D eigenvalue weighted by atomic mass is 14.9. The third-order valence-corrected chi connectivity index (χ3v) is 3.60. The van der Waals surface area contributed by atoms with E-state index in [1.165, 1.54) is 21.5 Å². The minimum Gasteiger partial charge on any atom is -0.332 e. The molecule has 0 amide bonds. The fourth-order valence-corrected chi connectivity index (χ4v) is 2.76. The molecule has 0 aliphatic rings. The predicted molar refractivity (Wildman–Crippen MR) is 76.6 cm³/mol. The van der Waals surface area contributed by atoms with E-state index in [4.69, 9.17) is 7.05 Å². The van der Waals surface area contributed by atoms with Crippen LogP contribution in [0.2, 0.25) is 0 Å². The van der Waals surface area contributed by atoms with Gasteiger partial charge in [-0.25, -0.2) is 0 Å². The molecule has 0 unspecified atom stereocenters. The zero-order valence-corrected chi connectivity index (χ0v) is 9.80. The number of para-hydroxylation sites is 1. The first kappa shape index (κ1) is 9.72. The molecule has 0 bridgehead atoms. The number of nitrogens with zero attached hydrogens (tertiary/aromatic N) is 1. The molecule has 0 saturated carbocycles. The molecule has 0 aliphatic heterocycles. The second-order valence-electron chi connectivity index (χ2n) is 4.57. The average molecular weight is 229 g/mol. The summed E-state index contributed by atoms with van der Waals surface area (Å²) in [7, 11) is 6.26. The van der Waals surface area contributed by atoms with Gasteiger partial charge in [-0.1, -0.05) is 54.6 Å². The Labute approximate surface area is 105 Å². The third-order valence-electron chi connectivity index (χ3n) is 3.60. The lowest BCUT2D eigenvalue weighted by molar-refractivity contribution is 1.20. The van der Waals surface area contributed by atoms with Crippen LogP contribution in [0, 0.1) is 7.05 Å². The SMILES string of the molecule is [CH]n1c2ccccc2c2ccc3ccccc3c21. The lowest BCUT2D eigenvalue weighted by atomic mass is 10.1. The summed E-state index contributed by atoms with van der Waals surface area (Å²) < 4.78 is 1.80. The van der Waals surface area contributed by atoms with Gasteiger partial charge in [0.2, 0.25) is 0 Å². The molecule has 0 aliphatic carbocycles. The molecular formula is C17H11N. The van der Waals surface area contributed by atoms with E-state index in [-0.39, 0.29) is 0 Å². The van der Waals surface area contributed by atoms with Crippen molar-refractivity contribution in [2.24, 2.45) is 0 Å². The quantitative estimate of drug-likeness (QED) is 0.419. The van der Waals surface area contributed by atoms with Gasteiger partial charge < -0.3 is 4.57 Å². The molecule has 0 spiro atoms. The van der Waals surface area contributed by atoms with Crippen LogP contribution in [-0.4, -0.2) is 4.57 Å². The molecule has 1 aromatic heterocycles. The summed E-state index contributed by atoms with van der Waals surface area (Å²) in [6.45, 7) is 0. The highest BCUT2D eigenvalue weighted by Gasteiger charge is 2.09. The molecule has 0 N–H and O–H groups in total. The van der Waals surface area contributed by atoms with Gasteiger partial charge >= 0.3 is 0 Å². The van der Waals surface area contributed by atoms with Gasteiger partial charge in [-0.2, -0.15) is 0 Å². The summed E-state index contributed by atoms with van der Waals surface area (Å²) >= 11 is 0. The number of aromatic nitrogens is 1. The summed E-state index contributed by atoms with van der Waals surface area (Å²) in [5.41, 5.74) is 2.18. The van der Waals surface area contributed by atoms with Crippen molar-refractivity contribution in [2.75, 3.05) is 0 Å². The Morgan fingerprint density at radius 3 is 2.28 bits per heavy atom. The minimum absolute atomic E-state index is 1.07. The van der Waals surface area contributed by atoms with Crippen LogP contribution in [0.4, 0.5) is 0 Å². The maximum atomic E-state index is 6.26. The largest absolute Gasteiger partial charge is 0.332 e. The van der Waals surface area contributed by atoms with E-state index in [9.17, 15) is 0 Å². The van der Waals surface area contributed by atoms with Crippen LogP contribution in [0.3, 0.4) is 0 Å². The van der Waals surface area contributed by atoms with Crippen LogP contribution < -0.4 is 0 Å². The van der Waals surface area contributed by atoms with Gasteiger partial charge in [0.25, 0.3) is 0 Å². The van der Waals surface area contributed by atoms with E-state index in [0.717, 1.165) is 11.0 Å². The first-order valence-corrected chi connectivity index (χ1v) is 6.02. The van der Waals surface area contributed by atoms with E-state index in [2.05, 4.69) is 54.6 Å². The summed E-state index contributed by atoms with van der Waals surface area (Å²) in [5, 5.41) is 4.85. The van der Waals surface area contributed by atoms with Gasteiger partial charge in [-0.15, -0.1) is 0 Å². The lowest BCUT2D eigenvalue weighted by Gasteiger charge is -2.02. The van der Waals surface area contributed by atoms with Gasteiger partial charge in [0.1, 0.15) is 0 Å². The Morgan fingerprint density at radius 2 is 1.39 bits per heavy atom. The number of hydrogen-bond donors (Lipinski definition) is 0. The van der Waals surface area contributed by atoms with Crippen LogP contribution in [0.1, 0.15) is 0 Å². The molecule has 4 rings (SSSR count). The van der Waals surface area contributed by atoms with E-state index in [1.54, 1.807) is 4.57 Å². The Bertz CT molecular complexity index is 884. The molecule has 3 aromatic carbocycles. The number of hydrogen-bond acceptors (Lipinski definition) is 0. The van der Waals surface area contributed by atoms with Crippen LogP contribution >= 0.6 is 0 Å². The molecule has 84 valence electrons. The molecular weight excluding hydrogens is 218 g/mol. The van der Waals surface area contributed by atoms with E-state index >= 15 is 0 Å². The van der Waals surface area contributed by atoms with Crippen molar-refractivity contribution in [3.63, 3.8) is 0 Å². The highest BCUT2D eigenvalue weighted by molar-refractivity contribution is 6.17. The lowest BCUT2D eigenvalue weighted by Crippen LogP contribution is -1.84. The molecule has 4 aromatic rings. The van der Waals surface area contributed by atoms with Crippen LogP contribution in [0.15, 0.2) is 60.7 Å². The summed E-state index contributed by atoms with van der Waals surface area (Å²) in [5.74, 6) is 0. The van der Waals surface area contributed by atoms with Crippen LogP contribution in [0.25, 0.3) is 32.6 Å². The maximum Gasteiger partial charge on any atom is 0.0800 e. The van der Waals surface area contributed by atoms with Crippen molar-refractivity contribution in [3.8, 4) is 0 Å². The van der Waals surface area contributed by atoms with E-state index in [1.807, 2.05) is 6.07 Å². The standard InChI is InChI=1S/C17H11N/c1-18-16-9-5-4-8-14(16)15-11-10-12-6-2-3-7-13(12)17(15)18/h1-11H. The van der Waals surface area contributed by atoms with Gasteiger partial charge in [0.15, 0.2) is 0 Å². The Balaban J connectivity index is 2.39. The normalized spacial score (nSPS) is 11.6. The number of fused-ring (bicyclic) bond motifs is 5. The summed E-state index contributed by atoms with van der Waals surface area (Å²) in [6.07, 6.45) is 0. The van der Waals surface area contributed by atoms with Crippen molar-refractivity contribution in [1.29, 1.82) is 0 Å². The monoisotopic (exact) mass is 229 g/mol. The smallest absolute Gasteiger partial charge is 0.0800 e. The first-order valence-electron chi connectivity index (χ1n) is 6.02. The maximum absolute atomic E-state index is 6.26. The van der Waals surface area contributed by atoms with Gasteiger partial charge in [-0.3, -0.25) is 0 Å². The van der Waals surface area contributed by atoms with E-state index < -0.39 is 0 Å². The third kappa shape index (κ3) is 1.11. The molecule has 0 saturated heterocycles. The second kappa shape index (κ2) is 3.36. The Kier molecular flexibility index (Phi) is 1.81. The molecule has 0 atom stereocenters. The molecule has 2 radical (unpaired) electrons. The molecule has 1 nitrogen and oxygen atoms in total. The highest BCUT2D eigenvalue weighted by Crippen LogP contribution is 2.33. The van der Waals surface area contributed by atoms with E-state index in [0.29, 0.717) is 0 Å². The zero-order valence-electron chi connectivity index (χ0n) is 9.80. The second-order valence-corrected chi connectivity index (χ2v) is 4.57. The van der Waals surface area contributed by atoms with Crippen molar-refractivity contribution in [1.82, 2.24) is 4.57 Å². The fourth-order valence-electron chi connectivity index (χ4n) is 2.76. The number of rotatable bonds is 0. The predicted octanol–water partition coefficient (Wildman–Crippen LogP) is 4.46. The molecule has 0 fully saturated rings. The fraction of sp³-hybridized carbons (Fsp3) is 0. The Hall–Kier alpha value is -2.28. The summed E-state index contributed by atoms with van der Waals surface area (Å²) in [4.78, 5) is 0. The van der Waals surface area contributed by atoms with Crippen molar-refractivity contribution in [2.45, 2.75) is 0 Å². The van der Waals surface area contributed by atoms with Gasteiger partial charge in [0, 0.05) is 21.7 Å². The van der Waals surface area contributed by atoms with Crippen LogP contribution in [0.5, 0.6) is 0 Å².